The number of amides is 1. The van der Waals surface area contributed by atoms with Gasteiger partial charge in [-0.1, -0.05) is 0 Å². The van der Waals surface area contributed by atoms with Crippen molar-refractivity contribution in [3.05, 3.63) is 24.0 Å². The Bertz CT molecular complexity index is 468. The Balaban J connectivity index is 2.12. The fourth-order valence-electron chi connectivity index (χ4n) is 2.11. The zero-order valence-electron chi connectivity index (χ0n) is 10.1. The van der Waals surface area contributed by atoms with Crippen LogP contribution in [-0.2, 0) is 9.53 Å². The molecule has 1 aromatic heterocycles. The van der Waals surface area contributed by atoms with Gasteiger partial charge in [-0.15, -0.1) is 0 Å². The van der Waals surface area contributed by atoms with E-state index in [9.17, 15) is 14.7 Å². The van der Waals surface area contributed by atoms with E-state index in [1.165, 1.54) is 0 Å². The van der Waals surface area contributed by atoms with Gasteiger partial charge in [0.25, 0.3) is 0 Å². The lowest BCUT2D eigenvalue weighted by molar-refractivity contribution is -0.162. The Hall–Kier alpha value is -1.82. The van der Waals surface area contributed by atoms with Crippen LogP contribution in [0.1, 0.15) is 36.2 Å². The summed E-state index contributed by atoms with van der Waals surface area (Å²) < 4.78 is 6.97. The van der Waals surface area contributed by atoms with E-state index in [-0.39, 0.29) is 12.5 Å². The van der Waals surface area contributed by atoms with Crippen molar-refractivity contribution < 1.29 is 19.4 Å². The lowest BCUT2D eigenvalue weighted by atomic mass is 10.0. The minimum atomic E-state index is -0.662. The molecule has 98 valence electrons. The highest BCUT2D eigenvalue weighted by atomic mass is 16.5. The lowest BCUT2D eigenvalue weighted by Crippen LogP contribution is -2.37. The molecule has 3 N–H and O–H groups in total. The number of ether oxygens (including phenoxy) is 1. The molecule has 0 aromatic carbocycles. The number of primary amides is 1. The van der Waals surface area contributed by atoms with Gasteiger partial charge < -0.3 is 20.1 Å². The van der Waals surface area contributed by atoms with E-state index in [2.05, 4.69) is 0 Å². The third kappa shape index (κ3) is 2.53. The molecule has 2 heterocycles. The monoisotopic (exact) mass is 252 g/mol. The third-order valence-electron chi connectivity index (χ3n) is 3.20. The number of aliphatic hydroxyl groups is 1. The highest BCUT2D eigenvalue weighted by Gasteiger charge is 2.31. The summed E-state index contributed by atoms with van der Waals surface area (Å²) in [5.41, 5.74) is 5.58. The predicted molar refractivity (Wildman–Crippen MR) is 62.8 cm³/mol. The zero-order chi connectivity index (χ0) is 13.3. The molecular formula is C12H16N2O4. The number of hydrogen-bond acceptors (Lipinski definition) is 4. The number of rotatable bonds is 3. The third-order valence-corrected chi connectivity index (χ3v) is 3.20. The van der Waals surface area contributed by atoms with E-state index in [1.54, 1.807) is 23.0 Å². The molecule has 0 aliphatic carbocycles. The Morgan fingerprint density at radius 1 is 1.67 bits per heavy atom. The molecule has 1 aliphatic heterocycles. The van der Waals surface area contributed by atoms with Crippen molar-refractivity contribution >= 4 is 11.9 Å². The first-order valence-corrected chi connectivity index (χ1v) is 5.82. The van der Waals surface area contributed by atoms with Crippen LogP contribution in [0.2, 0.25) is 0 Å². The highest BCUT2D eigenvalue weighted by molar-refractivity contribution is 5.92. The summed E-state index contributed by atoms with van der Waals surface area (Å²) in [7, 11) is 0. The number of nitrogens with two attached hydrogens (primary N) is 1. The molecule has 0 bridgehead atoms. The van der Waals surface area contributed by atoms with Crippen LogP contribution in [0, 0.1) is 0 Å². The van der Waals surface area contributed by atoms with Crippen molar-refractivity contribution in [3.8, 4) is 0 Å². The molecule has 1 saturated heterocycles. The molecular weight excluding hydrogens is 236 g/mol. The summed E-state index contributed by atoms with van der Waals surface area (Å²) in [6, 6.07) is 1.46. The Kier molecular flexibility index (Phi) is 3.38. The van der Waals surface area contributed by atoms with E-state index < -0.39 is 24.1 Å². The standard InChI is InChI=1S/C12H16N2O4/c1-7(10-4-9(15)5-11(16)18-10)14-3-2-8(6-14)12(13)17/h2-3,6-7,9-10,15H,4-5H2,1H3,(H2,13,17). The Morgan fingerprint density at radius 2 is 2.39 bits per heavy atom. The van der Waals surface area contributed by atoms with Gasteiger partial charge in [-0.3, -0.25) is 9.59 Å². The molecule has 2 rings (SSSR count). The van der Waals surface area contributed by atoms with Crippen LogP contribution < -0.4 is 5.73 Å². The minimum absolute atomic E-state index is 0.0431. The van der Waals surface area contributed by atoms with Crippen LogP contribution >= 0.6 is 0 Å². The highest BCUT2D eigenvalue weighted by Crippen LogP contribution is 2.25. The quantitative estimate of drug-likeness (QED) is 0.752. The van der Waals surface area contributed by atoms with Crippen molar-refractivity contribution in [3.63, 3.8) is 0 Å². The number of carbonyl (C=O) groups excluding carboxylic acids is 2. The molecule has 0 spiro atoms. The SMILES string of the molecule is CC(C1CC(O)CC(=O)O1)n1ccc(C(N)=O)c1. The average Bonchev–Trinajstić information content (AvgIpc) is 2.75. The summed E-state index contributed by atoms with van der Waals surface area (Å²) in [5.74, 6) is -0.894. The van der Waals surface area contributed by atoms with E-state index in [0.717, 1.165) is 0 Å². The number of nitrogens with zero attached hydrogens (tertiary/aromatic N) is 1. The molecule has 0 saturated carbocycles. The minimum Gasteiger partial charge on any atom is -0.460 e. The normalized spacial score (nSPS) is 25.6. The first-order chi connectivity index (χ1) is 8.47. The van der Waals surface area contributed by atoms with Crippen LogP contribution in [0.15, 0.2) is 18.5 Å². The molecule has 0 radical (unpaired) electrons. The van der Waals surface area contributed by atoms with Gasteiger partial charge in [0.2, 0.25) is 5.91 Å². The van der Waals surface area contributed by atoms with Gasteiger partial charge >= 0.3 is 5.97 Å². The predicted octanol–water partition coefficient (Wildman–Crippen LogP) is 0.215. The second-order valence-corrected chi connectivity index (χ2v) is 4.57. The van der Waals surface area contributed by atoms with Crippen LogP contribution in [0.4, 0.5) is 0 Å². The number of hydrogen-bond donors (Lipinski definition) is 2. The molecule has 3 atom stereocenters. The number of aliphatic hydroxyl groups excluding tert-OH is 1. The van der Waals surface area contributed by atoms with E-state index in [1.807, 2.05) is 6.92 Å². The maximum atomic E-state index is 11.3. The maximum absolute atomic E-state index is 11.3. The van der Waals surface area contributed by atoms with Crippen LogP contribution in [0.3, 0.4) is 0 Å². The van der Waals surface area contributed by atoms with Crippen molar-refractivity contribution in [2.24, 2.45) is 5.73 Å². The van der Waals surface area contributed by atoms with E-state index in [4.69, 9.17) is 10.5 Å². The van der Waals surface area contributed by atoms with E-state index >= 15 is 0 Å². The largest absolute Gasteiger partial charge is 0.460 e. The number of cyclic esters (lactones) is 1. The van der Waals surface area contributed by atoms with Gasteiger partial charge in [0.1, 0.15) is 6.10 Å². The molecule has 1 aliphatic rings. The van der Waals surface area contributed by atoms with Crippen LogP contribution in [-0.4, -0.2) is 33.8 Å². The second-order valence-electron chi connectivity index (χ2n) is 4.57. The first-order valence-electron chi connectivity index (χ1n) is 5.82. The smallest absolute Gasteiger partial charge is 0.308 e. The number of aromatic nitrogens is 1. The Morgan fingerprint density at radius 3 is 2.94 bits per heavy atom. The Labute approximate surface area is 104 Å². The van der Waals surface area contributed by atoms with Gasteiger partial charge in [0.05, 0.1) is 24.1 Å². The molecule has 6 heteroatoms. The van der Waals surface area contributed by atoms with Crippen molar-refractivity contribution in [1.82, 2.24) is 4.57 Å². The van der Waals surface area contributed by atoms with Gasteiger partial charge in [-0.25, -0.2) is 0 Å². The summed E-state index contributed by atoms with van der Waals surface area (Å²) in [6.07, 6.45) is 2.71. The molecule has 1 fully saturated rings. The average molecular weight is 252 g/mol. The topological polar surface area (TPSA) is 94.6 Å². The zero-order valence-corrected chi connectivity index (χ0v) is 10.1. The van der Waals surface area contributed by atoms with Gasteiger partial charge in [-0.2, -0.15) is 0 Å². The van der Waals surface area contributed by atoms with Crippen LogP contribution in [0.5, 0.6) is 0 Å². The number of esters is 1. The molecule has 1 aromatic rings. The fourth-order valence-corrected chi connectivity index (χ4v) is 2.11. The number of carbonyl (C=O) groups is 2. The van der Waals surface area contributed by atoms with Crippen LogP contribution in [0.25, 0.3) is 0 Å². The summed E-state index contributed by atoms with van der Waals surface area (Å²) in [4.78, 5) is 22.3. The second kappa shape index (κ2) is 4.81. The van der Waals surface area contributed by atoms with Gasteiger partial charge in [0.15, 0.2) is 0 Å². The van der Waals surface area contributed by atoms with E-state index in [0.29, 0.717) is 12.0 Å². The van der Waals surface area contributed by atoms with Crippen molar-refractivity contribution in [2.75, 3.05) is 0 Å². The summed E-state index contributed by atoms with van der Waals surface area (Å²) in [5, 5.41) is 9.56. The van der Waals surface area contributed by atoms with Crippen molar-refractivity contribution in [1.29, 1.82) is 0 Å². The summed E-state index contributed by atoms with van der Waals surface area (Å²) in [6.45, 7) is 1.86. The molecule has 6 nitrogen and oxygen atoms in total. The summed E-state index contributed by atoms with van der Waals surface area (Å²) >= 11 is 0. The fraction of sp³-hybridized carbons (Fsp3) is 0.500. The first kappa shape index (κ1) is 12.6. The van der Waals surface area contributed by atoms with Gasteiger partial charge in [-0.05, 0) is 13.0 Å². The van der Waals surface area contributed by atoms with Crippen molar-refractivity contribution in [2.45, 2.75) is 38.0 Å². The molecule has 18 heavy (non-hydrogen) atoms. The molecule has 1 amide bonds. The lowest BCUT2D eigenvalue weighted by Gasteiger charge is -2.31. The molecule has 3 unspecified atom stereocenters. The van der Waals surface area contributed by atoms with Gasteiger partial charge in [0, 0.05) is 18.8 Å². The maximum Gasteiger partial charge on any atom is 0.308 e.